The number of benzene rings is 3. The van der Waals surface area contributed by atoms with Gasteiger partial charge in [-0.1, -0.05) is 79.4 Å². The average molecular weight is 533 g/mol. The van der Waals surface area contributed by atoms with Crippen molar-refractivity contribution in [3.63, 3.8) is 0 Å². The summed E-state index contributed by atoms with van der Waals surface area (Å²) in [7, 11) is 0. The zero-order valence-electron chi connectivity index (χ0n) is 22.3. The molecule has 0 aliphatic heterocycles. The number of hydrogen-bond donors (Lipinski definition) is 1. The molecule has 38 heavy (non-hydrogen) atoms. The third kappa shape index (κ3) is 8.09. The van der Waals surface area contributed by atoms with Gasteiger partial charge in [-0.05, 0) is 73.2 Å². The SMILES string of the molecule is Cc1cc(C)cc(OCC(=O)N(Cc2ccc(Cl)cc2)[C@H](Cc2ccccc2)C(=O)NC2CCCCC2)c1. The van der Waals surface area contributed by atoms with Crippen molar-refractivity contribution in [2.75, 3.05) is 6.61 Å². The van der Waals surface area contributed by atoms with Gasteiger partial charge in [0.1, 0.15) is 11.8 Å². The van der Waals surface area contributed by atoms with E-state index in [0.29, 0.717) is 17.2 Å². The number of halogens is 1. The minimum absolute atomic E-state index is 0.116. The van der Waals surface area contributed by atoms with Crippen molar-refractivity contribution in [2.45, 2.75) is 71.0 Å². The Balaban J connectivity index is 1.61. The average Bonchev–Trinajstić information content (AvgIpc) is 2.91. The van der Waals surface area contributed by atoms with Crippen LogP contribution in [-0.2, 0) is 22.6 Å². The molecule has 1 aliphatic carbocycles. The Hall–Kier alpha value is -3.31. The van der Waals surface area contributed by atoms with E-state index in [0.717, 1.165) is 47.9 Å². The highest BCUT2D eigenvalue weighted by Crippen LogP contribution is 2.21. The molecule has 200 valence electrons. The Morgan fingerprint density at radius 2 is 1.58 bits per heavy atom. The van der Waals surface area contributed by atoms with Crippen molar-refractivity contribution in [1.82, 2.24) is 10.2 Å². The molecule has 4 rings (SSSR count). The Kier molecular flexibility index (Phi) is 9.83. The van der Waals surface area contributed by atoms with Gasteiger partial charge in [-0.3, -0.25) is 9.59 Å². The van der Waals surface area contributed by atoms with Gasteiger partial charge in [-0.2, -0.15) is 0 Å². The summed E-state index contributed by atoms with van der Waals surface area (Å²) >= 11 is 6.12. The van der Waals surface area contributed by atoms with E-state index in [9.17, 15) is 9.59 Å². The van der Waals surface area contributed by atoms with Gasteiger partial charge < -0.3 is 15.0 Å². The molecule has 1 fully saturated rings. The van der Waals surface area contributed by atoms with E-state index in [1.54, 1.807) is 17.0 Å². The molecule has 0 radical (unpaired) electrons. The fourth-order valence-corrected chi connectivity index (χ4v) is 5.25. The molecule has 0 aromatic heterocycles. The summed E-state index contributed by atoms with van der Waals surface area (Å²) in [4.78, 5) is 29.2. The van der Waals surface area contributed by atoms with Gasteiger partial charge in [0.2, 0.25) is 5.91 Å². The number of aryl methyl sites for hydroxylation is 2. The molecule has 1 saturated carbocycles. The van der Waals surface area contributed by atoms with Crippen molar-refractivity contribution >= 4 is 23.4 Å². The van der Waals surface area contributed by atoms with Crippen LogP contribution in [0.3, 0.4) is 0 Å². The highest BCUT2D eigenvalue weighted by atomic mass is 35.5. The molecule has 0 spiro atoms. The van der Waals surface area contributed by atoms with E-state index in [1.807, 2.05) is 68.4 Å². The third-order valence-corrected chi connectivity index (χ3v) is 7.30. The maximum atomic E-state index is 13.8. The van der Waals surface area contributed by atoms with Crippen LogP contribution in [0.2, 0.25) is 5.02 Å². The zero-order valence-corrected chi connectivity index (χ0v) is 23.0. The summed E-state index contributed by atoms with van der Waals surface area (Å²) in [6.07, 6.45) is 5.81. The highest BCUT2D eigenvalue weighted by molar-refractivity contribution is 6.30. The lowest BCUT2D eigenvalue weighted by Crippen LogP contribution is -2.53. The minimum Gasteiger partial charge on any atom is -0.484 e. The molecule has 1 atom stereocenters. The fourth-order valence-electron chi connectivity index (χ4n) is 5.13. The van der Waals surface area contributed by atoms with Crippen molar-refractivity contribution in [3.05, 3.63) is 100 Å². The molecule has 0 heterocycles. The Labute approximate surface area is 231 Å². The predicted octanol–water partition coefficient (Wildman–Crippen LogP) is 6.42. The van der Waals surface area contributed by atoms with Gasteiger partial charge in [-0.15, -0.1) is 0 Å². The van der Waals surface area contributed by atoms with Crippen molar-refractivity contribution in [1.29, 1.82) is 0 Å². The molecule has 3 aromatic rings. The number of carbonyl (C=O) groups is 2. The Bertz CT molecular complexity index is 1190. The van der Waals surface area contributed by atoms with E-state index >= 15 is 0 Å². The molecule has 0 saturated heterocycles. The smallest absolute Gasteiger partial charge is 0.261 e. The van der Waals surface area contributed by atoms with Crippen LogP contribution in [0, 0.1) is 13.8 Å². The van der Waals surface area contributed by atoms with Crippen LogP contribution in [0.25, 0.3) is 0 Å². The quantitative estimate of drug-likeness (QED) is 0.327. The first kappa shape index (κ1) is 27.7. The Morgan fingerprint density at radius 3 is 2.24 bits per heavy atom. The number of carbonyl (C=O) groups excluding carboxylic acids is 2. The largest absolute Gasteiger partial charge is 0.484 e. The second-order valence-corrected chi connectivity index (χ2v) is 10.7. The lowest BCUT2D eigenvalue weighted by atomic mass is 9.94. The van der Waals surface area contributed by atoms with Crippen molar-refractivity contribution < 1.29 is 14.3 Å². The normalized spacial score (nSPS) is 14.5. The molecule has 2 amide bonds. The summed E-state index contributed by atoms with van der Waals surface area (Å²) in [6, 6.07) is 22.6. The van der Waals surface area contributed by atoms with Gasteiger partial charge in [0.05, 0.1) is 0 Å². The standard InChI is InChI=1S/C32H37ClN2O3/c1-23-17-24(2)19-29(18-23)38-22-31(36)35(21-26-13-15-27(33)16-14-26)30(20-25-9-5-3-6-10-25)32(37)34-28-11-7-4-8-12-28/h3,5-6,9-10,13-19,28,30H,4,7-8,11-12,20-22H2,1-2H3,(H,34,37)/t30-/m1/s1. The van der Waals surface area contributed by atoms with Gasteiger partial charge in [-0.25, -0.2) is 0 Å². The maximum Gasteiger partial charge on any atom is 0.261 e. The lowest BCUT2D eigenvalue weighted by Gasteiger charge is -2.33. The van der Waals surface area contributed by atoms with Crippen LogP contribution in [0.4, 0.5) is 0 Å². The van der Waals surface area contributed by atoms with E-state index in [2.05, 4.69) is 11.4 Å². The van der Waals surface area contributed by atoms with Crippen molar-refractivity contribution in [3.8, 4) is 5.75 Å². The summed E-state index contributed by atoms with van der Waals surface area (Å²) in [5.41, 5.74) is 4.04. The fraction of sp³-hybridized carbons (Fsp3) is 0.375. The van der Waals surface area contributed by atoms with Gasteiger partial charge in [0.25, 0.3) is 5.91 Å². The maximum absolute atomic E-state index is 13.8. The molecule has 0 unspecified atom stereocenters. The summed E-state index contributed by atoms with van der Waals surface area (Å²) in [5.74, 6) is 0.293. The second-order valence-electron chi connectivity index (χ2n) is 10.3. The monoisotopic (exact) mass is 532 g/mol. The van der Waals surface area contributed by atoms with Crippen LogP contribution < -0.4 is 10.1 Å². The summed E-state index contributed by atoms with van der Waals surface area (Å²) in [5, 5.41) is 3.89. The Morgan fingerprint density at radius 1 is 0.921 bits per heavy atom. The number of amides is 2. The molecule has 6 heteroatoms. The number of nitrogens with one attached hydrogen (secondary N) is 1. The number of nitrogens with zero attached hydrogens (tertiary/aromatic N) is 1. The molecular formula is C32H37ClN2O3. The van der Waals surface area contributed by atoms with E-state index in [1.165, 1.54) is 6.42 Å². The first-order chi connectivity index (χ1) is 18.4. The molecule has 0 bridgehead atoms. The first-order valence-corrected chi connectivity index (χ1v) is 13.8. The topological polar surface area (TPSA) is 58.6 Å². The van der Waals surface area contributed by atoms with Gasteiger partial charge in [0.15, 0.2) is 6.61 Å². The number of rotatable bonds is 10. The zero-order chi connectivity index (χ0) is 26.9. The van der Waals surface area contributed by atoms with Crippen LogP contribution in [-0.4, -0.2) is 35.4 Å². The van der Waals surface area contributed by atoms with Gasteiger partial charge >= 0.3 is 0 Å². The van der Waals surface area contributed by atoms with Crippen LogP contribution in [0.1, 0.15) is 54.4 Å². The predicted molar refractivity (Wildman–Crippen MR) is 152 cm³/mol. The minimum atomic E-state index is -0.676. The number of ether oxygens (including phenoxy) is 1. The van der Waals surface area contributed by atoms with Gasteiger partial charge in [0, 0.05) is 24.0 Å². The van der Waals surface area contributed by atoms with E-state index in [-0.39, 0.29) is 31.0 Å². The first-order valence-electron chi connectivity index (χ1n) is 13.5. The van der Waals surface area contributed by atoms with E-state index in [4.69, 9.17) is 16.3 Å². The molecule has 3 aromatic carbocycles. The van der Waals surface area contributed by atoms with Crippen molar-refractivity contribution in [2.24, 2.45) is 0 Å². The second kappa shape index (κ2) is 13.5. The van der Waals surface area contributed by atoms with Crippen LogP contribution >= 0.6 is 11.6 Å². The van der Waals surface area contributed by atoms with Crippen LogP contribution in [0.5, 0.6) is 5.75 Å². The summed E-state index contributed by atoms with van der Waals surface area (Å²) < 4.78 is 5.95. The molecule has 5 nitrogen and oxygen atoms in total. The highest BCUT2D eigenvalue weighted by Gasteiger charge is 2.32. The molecule has 1 N–H and O–H groups in total. The van der Waals surface area contributed by atoms with E-state index < -0.39 is 6.04 Å². The molecular weight excluding hydrogens is 496 g/mol. The molecule has 1 aliphatic rings. The summed E-state index contributed by atoms with van der Waals surface area (Å²) in [6.45, 7) is 4.13. The number of hydrogen-bond acceptors (Lipinski definition) is 3. The van der Waals surface area contributed by atoms with Crippen LogP contribution in [0.15, 0.2) is 72.8 Å². The lowest BCUT2D eigenvalue weighted by molar-refractivity contribution is -0.143. The third-order valence-electron chi connectivity index (χ3n) is 7.05.